The van der Waals surface area contributed by atoms with Gasteiger partial charge in [-0.3, -0.25) is 14.2 Å². The third-order valence-corrected chi connectivity index (χ3v) is 6.82. The van der Waals surface area contributed by atoms with E-state index in [2.05, 4.69) is 15.4 Å². The Morgan fingerprint density at radius 3 is 2.48 bits per heavy atom. The molecule has 0 aliphatic rings. The van der Waals surface area contributed by atoms with Crippen molar-refractivity contribution in [3.63, 3.8) is 0 Å². The standard InChI is InChI=1S/C32H26N6O2/c1-21(35-31(39)28-29(33)36-37-19-9-18-34-30(28)37)26-20-24-13-8-12-23(17-16-22-10-4-2-5-11-22)27(24)32(40)38(26)25-14-6-3-7-15-25/h2-21H,1H3,(H2,33,36)(H,35,39)/t21-/m0/s1. The summed E-state index contributed by atoms with van der Waals surface area (Å²) in [5.41, 5.74) is 9.63. The van der Waals surface area contributed by atoms with E-state index in [1.165, 1.54) is 4.52 Å². The molecule has 0 aliphatic carbocycles. The van der Waals surface area contributed by atoms with Crippen LogP contribution < -0.4 is 16.6 Å². The highest BCUT2D eigenvalue weighted by molar-refractivity contribution is 6.04. The van der Waals surface area contributed by atoms with E-state index in [9.17, 15) is 9.59 Å². The molecule has 3 N–H and O–H groups in total. The predicted octanol–water partition coefficient (Wildman–Crippen LogP) is 5.28. The topological polar surface area (TPSA) is 107 Å². The minimum atomic E-state index is -0.550. The molecule has 196 valence electrons. The van der Waals surface area contributed by atoms with Crippen LogP contribution in [0, 0.1) is 0 Å². The summed E-state index contributed by atoms with van der Waals surface area (Å²) in [4.78, 5) is 31.9. The van der Waals surface area contributed by atoms with Crippen LogP contribution in [0.15, 0.2) is 108 Å². The van der Waals surface area contributed by atoms with E-state index in [0.717, 1.165) is 16.5 Å². The number of fused-ring (bicyclic) bond motifs is 2. The Morgan fingerprint density at radius 2 is 1.70 bits per heavy atom. The number of carbonyl (C=O) groups excluding carboxylic acids is 1. The number of anilines is 1. The van der Waals surface area contributed by atoms with Gasteiger partial charge in [-0.15, -0.1) is 5.10 Å². The van der Waals surface area contributed by atoms with E-state index in [-0.39, 0.29) is 16.9 Å². The number of carbonyl (C=O) groups is 1. The Hall–Kier alpha value is -5.50. The number of nitrogens with zero attached hydrogens (tertiary/aromatic N) is 4. The van der Waals surface area contributed by atoms with Crippen molar-refractivity contribution >= 4 is 40.3 Å². The summed E-state index contributed by atoms with van der Waals surface area (Å²) >= 11 is 0. The summed E-state index contributed by atoms with van der Waals surface area (Å²) < 4.78 is 3.13. The Kier molecular flexibility index (Phi) is 6.41. The number of nitrogen functional groups attached to an aromatic ring is 1. The van der Waals surface area contributed by atoms with Crippen LogP contribution in [0.5, 0.6) is 0 Å². The molecule has 6 rings (SSSR count). The van der Waals surface area contributed by atoms with Crippen LogP contribution in [-0.2, 0) is 0 Å². The second-order valence-electron chi connectivity index (χ2n) is 9.44. The summed E-state index contributed by atoms with van der Waals surface area (Å²) in [6, 6.07) is 28.2. The molecule has 3 heterocycles. The normalized spacial score (nSPS) is 12.2. The van der Waals surface area contributed by atoms with Gasteiger partial charge in [0.25, 0.3) is 11.5 Å². The van der Waals surface area contributed by atoms with Gasteiger partial charge >= 0.3 is 0 Å². The number of rotatable bonds is 6. The number of amides is 1. The Bertz CT molecular complexity index is 1940. The minimum absolute atomic E-state index is 0.0807. The van der Waals surface area contributed by atoms with Crippen molar-refractivity contribution in [3.05, 3.63) is 136 Å². The molecule has 1 atom stereocenters. The molecule has 40 heavy (non-hydrogen) atoms. The summed E-state index contributed by atoms with van der Waals surface area (Å²) in [5, 5.41) is 8.57. The minimum Gasteiger partial charge on any atom is -0.381 e. The van der Waals surface area contributed by atoms with Gasteiger partial charge in [-0.25, -0.2) is 9.50 Å². The van der Waals surface area contributed by atoms with Crippen molar-refractivity contribution < 1.29 is 4.79 Å². The van der Waals surface area contributed by atoms with Crippen LogP contribution in [0.3, 0.4) is 0 Å². The maximum atomic E-state index is 14.2. The first-order chi connectivity index (χ1) is 19.5. The zero-order valence-corrected chi connectivity index (χ0v) is 21.7. The molecule has 0 bridgehead atoms. The Labute approximate surface area is 230 Å². The van der Waals surface area contributed by atoms with E-state index in [1.807, 2.05) is 104 Å². The monoisotopic (exact) mass is 526 g/mol. The van der Waals surface area contributed by atoms with Crippen molar-refractivity contribution in [2.45, 2.75) is 13.0 Å². The van der Waals surface area contributed by atoms with Crippen LogP contribution in [-0.4, -0.2) is 25.1 Å². The lowest BCUT2D eigenvalue weighted by Crippen LogP contribution is -2.32. The second kappa shape index (κ2) is 10.3. The molecule has 0 saturated heterocycles. The number of pyridine rings is 1. The van der Waals surface area contributed by atoms with Gasteiger partial charge < -0.3 is 11.1 Å². The smallest absolute Gasteiger partial charge is 0.263 e. The number of nitrogens with one attached hydrogen (secondary N) is 1. The van der Waals surface area contributed by atoms with Crippen LogP contribution in [0.1, 0.15) is 40.1 Å². The van der Waals surface area contributed by atoms with E-state index in [4.69, 9.17) is 5.73 Å². The van der Waals surface area contributed by atoms with Crippen LogP contribution in [0.25, 0.3) is 34.3 Å². The van der Waals surface area contributed by atoms with Crippen molar-refractivity contribution in [1.82, 2.24) is 24.5 Å². The molecule has 8 nitrogen and oxygen atoms in total. The lowest BCUT2D eigenvalue weighted by atomic mass is 10.0. The predicted molar refractivity (Wildman–Crippen MR) is 158 cm³/mol. The zero-order valence-electron chi connectivity index (χ0n) is 21.7. The zero-order chi connectivity index (χ0) is 27.6. The number of hydrogen-bond acceptors (Lipinski definition) is 5. The number of aromatic nitrogens is 4. The first-order valence-corrected chi connectivity index (χ1v) is 12.9. The summed E-state index contributed by atoms with van der Waals surface area (Å²) in [7, 11) is 0. The molecule has 3 aromatic carbocycles. The fourth-order valence-electron chi connectivity index (χ4n) is 4.92. The maximum Gasteiger partial charge on any atom is 0.263 e. The fourth-order valence-corrected chi connectivity index (χ4v) is 4.92. The number of nitrogens with two attached hydrogens (primary N) is 1. The first-order valence-electron chi connectivity index (χ1n) is 12.9. The van der Waals surface area contributed by atoms with E-state index in [0.29, 0.717) is 22.4 Å². The molecule has 1 amide bonds. The van der Waals surface area contributed by atoms with Gasteiger partial charge in [0.05, 0.1) is 11.4 Å². The highest BCUT2D eigenvalue weighted by Gasteiger charge is 2.23. The van der Waals surface area contributed by atoms with Crippen molar-refractivity contribution in [2.75, 3.05) is 5.73 Å². The molecule has 3 aromatic heterocycles. The van der Waals surface area contributed by atoms with Gasteiger partial charge in [0.15, 0.2) is 11.5 Å². The summed E-state index contributed by atoms with van der Waals surface area (Å²) in [6.07, 6.45) is 7.21. The fraction of sp³-hybridized carbons (Fsp3) is 0.0625. The van der Waals surface area contributed by atoms with Gasteiger partial charge in [0.2, 0.25) is 0 Å². The third-order valence-electron chi connectivity index (χ3n) is 6.82. The quantitative estimate of drug-likeness (QED) is 0.287. The van der Waals surface area contributed by atoms with Gasteiger partial charge in [-0.05, 0) is 47.7 Å². The molecule has 0 radical (unpaired) electrons. The largest absolute Gasteiger partial charge is 0.381 e. The number of para-hydroxylation sites is 1. The van der Waals surface area contributed by atoms with E-state index >= 15 is 0 Å². The molecule has 0 spiro atoms. The highest BCUT2D eigenvalue weighted by atomic mass is 16.2. The lowest BCUT2D eigenvalue weighted by Gasteiger charge is -2.21. The third kappa shape index (κ3) is 4.52. The van der Waals surface area contributed by atoms with Gasteiger partial charge in [-0.2, -0.15) is 0 Å². The van der Waals surface area contributed by atoms with Crippen molar-refractivity contribution in [2.24, 2.45) is 0 Å². The first kappa shape index (κ1) is 24.8. The molecular weight excluding hydrogens is 500 g/mol. The second-order valence-corrected chi connectivity index (χ2v) is 9.44. The van der Waals surface area contributed by atoms with Gasteiger partial charge in [0.1, 0.15) is 5.56 Å². The lowest BCUT2D eigenvalue weighted by molar-refractivity contribution is 0.0941. The maximum absolute atomic E-state index is 14.2. The molecular formula is C32H26N6O2. The SMILES string of the molecule is C[C@H](NC(=O)c1c(N)nn2cccnc12)c1cc2cccc(C=Cc3ccccc3)c2c(=O)n1-c1ccccc1. The van der Waals surface area contributed by atoms with Gasteiger partial charge in [0, 0.05) is 23.8 Å². The van der Waals surface area contributed by atoms with Crippen molar-refractivity contribution in [1.29, 1.82) is 0 Å². The van der Waals surface area contributed by atoms with E-state index in [1.54, 1.807) is 23.0 Å². The average molecular weight is 527 g/mol. The Morgan fingerprint density at radius 1 is 0.950 bits per heavy atom. The average Bonchev–Trinajstić information content (AvgIpc) is 3.32. The molecule has 0 unspecified atom stereocenters. The summed E-state index contributed by atoms with van der Waals surface area (Å²) in [5.74, 6) is -0.345. The Balaban J connectivity index is 1.47. The molecule has 0 saturated carbocycles. The van der Waals surface area contributed by atoms with Crippen LogP contribution in [0.4, 0.5) is 5.82 Å². The van der Waals surface area contributed by atoms with Crippen LogP contribution in [0.2, 0.25) is 0 Å². The van der Waals surface area contributed by atoms with E-state index < -0.39 is 11.9 Å². The molecule has 0 aliphatic heterocycles. The molecule has 8 heteroatoms. The highest BCUT2D eigenvalue weighted by Crippen LogP contribution is 2.25. The molecule has 6 aromatic rings. The van der Waals surface area contributed by atoms with Crippen molar-refractivity contribution in [3.8, 4) is 5.69 Å². The number of benzene rings is 3. The summed E-state index contributed by atoms with van der Waals surface area (Å²) in [6.45, 7) is 1.84. The van der Waals surface area contributed by atoms with Crippen LogP contribution >= 0.6 is 0 Å². The molecule has 0 fully saturated rings. The van der Waals surface area contributed by atoms with Gasteiger partial charge in [-0.1, -0.05) is 78.9 Å². The number of hydrogen-bond donors (Lipinski definition) is 2.